The fraction of sp³-hybridized carbons (Fsp3) is 0.917. The van der Waals surface area contributed by atoms with Crippen LogP contribution >= 0.6 is 0 Å². The largest absolute Gasteiger partial charge is 0.465 e. The minimum absolute atomic E-state index is 0.423. The Bertz CT molecular complexity index is 413. The van der Waals surface area contributed by atoms with Gasteiger partial charge in [0.2, 0.25) is 0 Å². The second-order valence-electron chi connectivity index (χ2n) is 5.22. The number of hydrogen-bond donors (Lipinski definition) is 2. The Morgan fingerprint density at radius 1 is 1.45 bits per heavy atom. The van der Waals surface area contributed by atoms with Crippen LogP contribution in [0.4, 0.5) is 22.0 Å². The Hall–Kier alpha value is -1.00. The number of rotatable bonds is 4. The van der Waals surface area contributed by atoms with Crippen molar-refractivity contribution in [2.75, 3.05) is 13.2 Å². The number of aliphatic hydroxyl groups is 2. The molecule has 0 saturated carbocycles. The first kappa shape index (κ1) is 19.0. The van der Waals surface area contributed by atoms with Crippen molar-refractivity contribution in [2.45, 2.75) is 44.3 Å². The van der Waals surface area contributed by atoms with Crippen LogP contribution in [0.2, 0.25) is 0 Å². The van der Waals surface area contributed by atoms with Crippen molar-refractivity contribution >= 4 is 5.97 Å². The average Bonchev–Trinajstić information content (AvgIpc) is 2.42. The number of aliphatic hydroxyl groups excluding tert-OH is 1. The summed E-state index contributed by atoms with van der Waals surface area (Å²) in [6, 6.07) is 0. The third-order valence-corrected chi connectivity index (χ3v) is 3.61. The van der Waals surface area contributed by atoms with Gasteiger partial charge < -0.3 is 19.7 Å². The molecule has 10 heteroatoms. The lowest BCUT2D eigenvalue weighted by Gasteiger charge is -2.45. The zero-order valence-corrected chi connectivity index (χ0v) is 11.9. The molecule has 1 fully saturated rings. The van der Waals surface area contributed by atoms with Crippen LogP contribution in [0.25, 0.3) is 0 Å². The highest BCUT2D eigenvalue weighted by Gasteiger charge is 2.76. The lowest BCUT2D eigenvalue weighted by atomic mass is 9.89. The van der Waals surface area contributed by atoms with Gasteiger partial charge in [0.25, 0.3) is 0 Å². The summed E-state index contributed by atoms with van der Waals surface area (Å²) in [6.45, 7) is 1.42. The highest BCUT2D eigenvalue weighted by Crippen LogP contribution is 2.49. The van der Waals surface area contributed by atoms with E-state index in [4.69, 9.17) is 5.11 Å². The second kappa shape index (κ2) is 6.25. The molecule has 1 rings (SSSR count). The quantitative estimate of drug-likeness (QED) is 0.601. The molecule has 0 aromatic heterocycles. The standard InChI is InChI=1S/C12H17F5O5/c1-3-6(2)9(19)21-4-7-5-22-11(20,12(15,16)17)10(13,14)8(7)18/h6-8,18,20H,3-5H2,1-2H3. The van der Waals surface area contributed by atoms with Gasteiger partial charge in [0.15, 0.2) is 0 Å². The van der Waals surface area contributed by atoms with Gasteiger partial charge in [0.1, 0.15) is 6.10 Å². The Kier molecular flexibility index (Phi) is 5.41. The van der Waals surface area contributed by atoms with E-state index in [2.05, 4.69) is 9.47 Å². The van der Waals surface area contributed by atoms with Gasteiger partial charge in [-0.15, -0.1) is 0 Å². The van der Waals surface area contributed by atoms with Crippen LogP contribution in [0.5, 0.6) is 0 Å². The molecule has 1 saturated heterocycles. The van der Waals surface area contributed by atoms with E-state index in [1.807, 2.05) is 0 Å². The van der Waals surface area contributed by atoms with Gasteiger partial charge >= 0.3 is 23.9 Å². The maximum atomic E-state index is 13.7. The lowest BCUT2D eigenvalue weighted by Crippen LogP contribution is -2.70. The van der Waals surface area contributed by atoms with Crippen LogP contribution in [0, 0.1) is 11.8 Å². The van der Waals surface area contributed by atoms with Crippen molar-refractivity contribution in [1.29, 1.82) is 0 Å². The zero-order chi connectivity index (χ0) is 17.3. The molecule has 0 bridgehead atoms. The molecule has 4 atom stereocenters. The summed E-state index contributed by atoms with van der Waals surface area (Å²) in [5.74, 6) is -12.6. The van der Waals surface area contributed by atoms with Gasteiger partial charge in [-0.1, -0.05) is 13.8 Å². The summed E-state index contributed by atoms with van der Waals surface area (Å²) in [4.78, 5) is 11.4. The van der Waals surface area contributed by atoms with Crippen molar-refractivity contribution in [3.05, 3.63) is 0 Å². The molecular weight excluding hydrogens is 319 g/mol. The molecular formula is C12H17F5O5. The van der Waals surface area contributed by atoms with Gasteiger partial charge in [0.05, 0.1) is 19.1 Å². The molecule has 1 heterocycles. The maximum absolute atomic E-state index is 13.7. The van der Waals surface area contributed by atoms with Crippen molar-refractivity contribution in [3.8, 4) is 0 Å². The van der Waals surface area contributed by atoms with Crippen molar-refractivity contribution in [3.63, 3.8) is 0 Å². The number of esters is 1. The fourth-order valence-corrected chi connectivity index (χ4v) is 1.82. The molecule has 0 spiro atoms. The number of hydrogen-bond acceptors (Lipinski definition) is 5. The van der Waals surface area contributed by atoms with Crippen LogP contribution in [-0.4, -0.2) is 53.4 Å². The molecule has 0 amide bonds. The van der Waals surface area contributed by atoms with Crippen LogP contribution < -0.4 is 0 Å². The Morgan fingerprint density at radius 2 is 2.00 bits per heavy atom. The van der Waals surface area contributed by atoms with Crippen molar-refractivity contribution < 1.29 is 46.4 Å². The Labute approximate surface area is 123 Å². The molecule has 5 nitrogen and oxygen atoms in total. The smallest absolute Gasteiger partial charge is 0.449 e. The van der Waals surface area contributed by atoms with Crippen molar-refractivity contribution in [1.82, 2.24) is 0 Å². The summed E-state index contributed by atoms with van der Waals surface area (Å²) in [7, 11) is 0. The summed E-state index contributed by atoms with van der Waals surface area (Å²) in [6.07, 6.45) is -8.25. The van der Waals surface area contributed by atoms with E-state index in [0.29, 0.717) is 6.42 Å². The van der Waals surface area contributed by atoms with E-state index in [-0.39, 0.29) is 0 Å². The minimum Gasteiger partial charge on any atom is -0.465 e. The van der Waals surface area contributed by atoms with Crippen LogP contribution in [0.1, 0.15) is 20.3 Å². The molecule has 0 aromatic rings. The normalized spacial score (nSPS) is 33.3. The number of alkyl halides is 5. The lowest BCUT2D eigenvalue weighted by molar-refractivity contribution is -0.463. The van der Waals surface area contributed by atoms with Gasteiger partial charge in [-0.05, 0) is 6.42 Å². The number of ether oxygens (including phenoxy) is 2. The van der Waals surface area contributed by atoms with Crippen LogP contribution in [-0.2, 0) is 14.3 Å². The van der Waals surface area contributed by atoms with Gasteiger partial charge in [-0.2, -0.15) is 22.0 Å². The number of carbonyl (C=O) groups excluding carboxylic acids is 1. The molecule has 22 heavy (non-hydrogen) atoms. The van der Waals surface area contributed by atoms with Crippen LogP contribution in [0.15, 0.2) is 0 Å². The maximum Gasteiger partial charge on any atom is 0.449 e. The average molecular weight is 336 g/mol. The first-order chi connectivity index (χ1) is 9.88. The van der Waals surface area contributed by atoms with E-state index in [0.717, 1.165) is 0 Å². The zero-order valence-electron chi connectivity index (χ0n) is 11.9. The first-order valence-corrected chi connectivity index (χ1v) is 6.54. The van der Waals surface area contributed by atoms with Gasteiger partial charge in [-0.25, -0.2) is 0 Å². The Balaban J connectivity index is 2.80. The molecule has 0 aromatic carbocycles. The summed E-state index contributed by atoms with van der Waals surface area (Å²) < 4.78 is 73.5. The topological polar surface area (TPSA) is 76.0 Å². The second-order valence-corrected chi connectivity index (χ2v) is 5.22. The van der Waals surface area contributed by atoms with Gasteiger partial charge in [-0.3, -0.25) is 4.79 Å². The predicted octanol–water partition coefficient (Wildman–Crippen LogP) is 1.47. The Morgan fingerprint density at radius 3 is 2.45 bits per heavy atom. The SMILES string of the molecule is CCC(C)C(=O)OCC1COC(O)(C(F)(F)F)C(F)(F)C1O. The number of carbonyl (C=O) groups is 1. The summed E-state index contributed by atoms with van der Waals surface area (Å²) >= 11 is 0. The molecule has 1 aliphatic heterocycles. The molecule has 2 N–H and O–H groups in total. The monoisotopic (exact) mass is 336 g/mol. The third kappa shape index (κ3) is 3.18. The molecule has 1 aliphatic rings. The van der Waals surface area contributed by atoms with E-state index in [1.54, 1.807) is 6.92 Å². The highest BCUT2D eigenvalue weighted by molar-refractivity contribution is 5.71. The fourth-order valence-electron chi connectivity index (χ4n) is 1.82. The van der Waals surface area contributed by atoms with E-state index in [1.165, 1.54) is 6.92 Å². The van der Waals surface area contributed by atoms with E-state index >= 15 is 0 Å². The van der Waals surface area contributed by atoms with Crippen LogP contribution in [0.3, 0.4) is 0 Å². The molecule has 130 valence electrons. The summed E-state index contributed by atoms with van der Waals surface area (Å²) in [5.41, 5.74) is 0. The van der Waals surface area contributed by atoms with Gasteiger partial charge in [0, 0.05) is 5.92 Å². The van der Waals surface area contributed by atoms with Crippen molar-refractivity contribution in [2.24, 2.45) is 11.8 Å². The highest BCUT2D eigenvalue weighted by atomic mass is 19.4. The molecule has 0 aliphatic carbocycles. The first-order valence-electron chi connectivity index (χ1n) is 6.54. The summed E-state index contributed by atoms with van der Waals surface area (Å²) in [5, 5.41) is 18.5. The third-order valence-electron chi connectivity index (χ3n) is 3.61. The van der Waals surface area contributed by atoms with E-state index < -0.39 is 55.0 Å². The molecule has 4 unspecified atom stereocenters. The van der Waals surface area contributed by atoms with E-state index in [9.17, 15) is 31.9 Å². The predicted molar refractivity (Wildman–Crippen MR) is 61.8 cm³/mol. The minimum atomic E-state index is -5.80. The number of halogens is 5. The molecule has 0 radical (unpaired) electrons.